The quantitative estimate of drug-likeness (QED) is 0.522. The molecule has 0 radical (unpaired) electrons. The molecular formula is C19H20Cl2O3. The minimum Gasteiger partial charge on any atom is -0.480 e. The van der Waals surface area contributed by atoms with Crippen LogP contribution in [-0.2, 0) is 10.2 Å². The smallest absolute Gasteiger partial charge is 0.349 e. The Hall–Kier alpha value is -1.71. The van der Waals surface area contributed by atoms with E-state index in [0.717, 1.165) is 11.1 Å². The van der Waals surface area contributed by atoms with Crippen molar-refractivity contribution in [2.75, 3.05) is 6.61 Å². The minimum absolute atomic E-state index is 0.140. The number of carbonyl (C=O) groups is 1. The van der Waals surface area contributed by atoms with Crippen molar-refractivity contribution < 1.29 is 14.3 Å². The summed E-state index contributed by atoms with van der Waals surface area (Å²) in [5, 5.41) is 0.870. The standard InChI is InChI=1S/C19H20Cl2O3/c1-12-5-8-16(14(9-12)19(2,3)4)24-18(22)11-23-17-10-13(20)6-7-15(17)21/h5-10H,11H2,1-4H3. The molecule has 3 nitrogen and oxygen atoms in total. The van der Waals surface area contributed by atoms with E-state index in [9.17, 15) is 4.79 Å². The Labute approximate surface area is 152 Å². The van der Waals surface area contributed by atoms with Crippen LogP contribution in [0.3, 0.4) is 0 Å². The van der Waals surface area contributed by atoms with Gasteiger partial charge in [0.15, 0.2) is 6.61 Å². The predicted molar refractivity (Wildman–Crippen MR) is 97.5 cm³/mol. The maximum absolute atomic E-state index is 12.1. The average Bonchev–Trinajstić information content (AvgIpc) is 2.49. The van der Waals surface area contributed by atoms with Gasteiger partial charge in [0, 0.05) is 16.7 Å². The van der Waals surface area contributed by atoms with Crippen molar-refractivity contribution in [1.82, 2.24) is 0 Å². The fourth-order valence-electron chi connectivity index (χ4n) is 2.20. The molecule has 128 valence electrons. The van der Waals surface area contributed by atoms with Crippen molar-refractivity contribution in [3.8, 4) is 11.5 Å². The largest absolute Gasteiger partial charge is 0.480 e. The number of aryl methyl sites for hydroxylation is 1. The highest BCUT2D eigenvalue weighted by atomic mass is 35.5. The molecule has 0 aromatic heterocycles. The van der Waals surface area contributed by atoms with E-state index in [2.05, 4.69) is 20.8 Å². The highest BCUT2D eigenvalue weighted by Gasteiger charge is 2.21. The molecular weight excluding hydrogens is 347 g/mol. The highest BCUT2D eigenvalue weighted by Crippen LogP contribution is 2.32. The number of ether oxygens (including phenoxy) is 2. The van der Waals surface area contributed by atoms with Gasteiger partial charge in [-0.2, -0.15) is 0 Å². The van der Waals surface area contributed by atoms with Gasteiger partial charge < -0.3 is 9.47 Å². The Balaban J connectivity index is 2.09. The first-order chi connectivity index (χ1) is 11.2. The van der Waals surface area contributed by atoms with Crippen LogP contribution in [0.25, 0.3) is 0 Å². The first kappa shape index (κ1) is 18.6. The summed E-state index contributed by atoms with van der Waals surface area (Å²) in [4.78, 5) is 12.1. The second-order valence-corrected chi connectivity index (χ2v) is 7.43. The molecule has 0 unspecified atom stereocenters. The molecule has 0 aliphatic carbocycles. The number of halogens is 2. The topological polar surface area (TPSA) is 35.5 Å². The third kappa shape index (κ3) is 4.89. The lowest BCUT2D eigenvalue weighted by Crippen LogP contribution is -2.21. The number of hydrogen-bond acceptors (Lipinski definition) is 3. The molecule has 24 heavy (non-hydrogen) atoms. The van der Waals surface area contributed by atoms with Crippen LogP contribution in [-0.4, -0.2) is 12.6 Å². The van der Waals surface area contributed by atoms with Gasteiger partial charge in [-0.1, -0.05) is 61.7 Å². The summed E-state index contributed by atoms with van der Waals surface area (Å²) in [6.45, 7) is 7.96. The molecule has 0 N–H and O–H groups in total. The van der Waals surface area contributed by atoms with Gasteiger partial charge in [0.1, 0.15) is 11.5 Å². The maximum atomic E-state index is 12.1. The van der Waals surface area contributed by atoms with Gasteiger partial charge in [-0.3, -0.25) is 0 Å². The molecule has 0 aliphatic heterocycles. The van der Waals surface area contributed by atoms with E-state index < -0.39 is 5.97 Å². The molecule has 0 atom stereocenters. The Bertz CT molecular complexity index is 749. The minimum atomic E-state index is -0.500. The van der Waals surface area contributed by atoms with Gasteiger partial charge >= 0.3 is 5.97 Å². The molecule has 2 rings (SSSR count). The maximum Gasteiger partial charge on any atom is 0.349 e. The zero-order chi connectivity index (χ0) is 17.9. The second kappa shape index (κ2) is 7.45. The van der Waals surface area contributed by atoms with Crippen LogP contribution in [0.5, 0.6) is 11.5 Å². The zero-order valence-electron chi connectivity index (χ0n) is 14.2. The molecule has 0 saturated heterocycles. The summed E-state index contributed by atoms with van der Waals surface area (Å²) in [7, 11) is 0. The van der Waals surface area contributed by atoms with Crippen molar-refractivity contribution in [1.29, 1.82) is 0 Å². The van der Waals surface area contributed by atoms with E-state index in [-0.39, 0.29) is 12.0 Å². The van der Waals surface area contributed by atoms with Crippen LogP contribution < -0.4 is 9.47 Å². The summed E-state index contributed by atoms with van der Waals surface area (Å²) in [6.07, 6.45) is 0. The molecule has 0 bridgehead atoms. The Kier molecular flexibility index (Phi) is 5.79. The molecule has 0 spiro atoms. The van der Waals surface area contributed by atoms with Crippen molar-refractivity contribution in [2.45, 2.75) is 33.1 Å². The lowest BCUT2D eigenvalue weighted by Gasteiger charge is -2.22. The van der Waals surface area contributed by atoms with Crippen LogP contribution in [0, 0.1) is 6.92 Å². The third-order valence-electron chi connectivity index (χ3n) is 3.41. The van der Waals surface area contributed by atoms with E-state index >= 15 is 0 Å². The van der Waals surface area contributed by atoms with E-state index in [1.54, 1.807) is 24.3 Å². The number of benzene rings is 2. The van der Waals surface area contributed by atoms with Crippen LogP contribution in [0.2, 0.25) is 10.0 Å². The summed E-state index contributed by atoms with van der Waals surface area (Å²) in [6, 6.07) is 10.6. The summed E-state index contributed by atoms with van der Waals surface area (Å²) in [5.74, 6) is 0.389. The van der Waals surface area contributed by atoms with Crippen LogP contribution in [0.1, 0.15) is 31.9 Å². The number of hydrogen-bond donors (Lipinski definition) is 0. The first-order valence-corrected chi connectivity index (χ1v) is 8.32. The molecule has 0 amide bonds. The molecule has 2 aromatic rings. The SMILES string of the molecule is Cc1ccc(OC(=O)COc2cc(Cl)ccc2Cl)c(C(C)(C)C)c1. The zero-order valence-corrected chi connectivity index (χ0v) is 15.7. The van der Waals surface area contributed by atoms with Crippen molar-refractivity contribution in [3.05, 3.63) is 57.6 Å². The monoisotopic (exact) mass is 366 g/mol. The predicted octanol–water partition coefficient (Wildman–Crippen LogP) is 5.58. The van der Waals surface area contributed by atoms with E-state index in [1.807, 2.05) is 19.1 Å². The van der Waals surface area contributed by atoms with Gasteiger partial charge in [-0.05, 0) is 30.5 Å². The van der Waals surface area contributed by atoms with Crippen LogP contribution in [0.15, 0.2) is 36.4 Å². The van der Waals surface area contributed by atoms with Gasteiger partial charge in [0.25, 0.3) is 0 Å². The third-order valence-corrected chi connectivity index (χ3v) is 3.95. The van der Waals surface area contributed by atoms with Gasteiger partial charge in [-0.25, -0.2) is 4.79 Å². The number of esters is 1. The van der Waals surface area contributed by atoms with Crippen LogP contribution >= 0.6 is 23.2 Å². The fourth-order valence-corrected chi connectivity index (χ4v) is 2.53. The molecule has 5 heteroatoms. The van der Waals surface area contributed by atoms with Gasteiger partial charge in [0.05, 0.1) is 5.02 Å². The molecule has 0 saturated carbocycles. The number of carbonyl (C=O) groups excluding carboxylic acids is 1. The molecule has 0 fully saturated rings. The molecule has 2 aromatic carbocycles. The van der Waals surface area contributed by atoms with Crippen LogP contribution in [0.4, 0.5) is 0 Å². The Morgan fingerprint density at radius 1 is 1.04 bits per heavy atom. The van der Waals surface area contributed by atoms with Crippen molar-refractivity contribution >= 4 is 29.2 Å². The van der Waals surface area contributed by atoms with Crippen molar-refractivity contribution in [3.63, 3.8) is 0 Å². The summed E-state index contributed by atoms with van der Waals surface area (Å²) >= 11 is 11.9. The normalized spacial score (nSPS) is 11.2. The van der Waals surface area contributed by atoms with E-state index in [1.165, 1.54) is 0 Å². The van der Waals surface area contributed by atoms with Gasteiger partial charge in [-0.15, -0.1) is 0 Å². The average molecular weight is 367 g/mol. The molecule has 0 heterocycles. The summed E-state index contributed by atoms with van der Waals surface area (Å²) in [5.41, 5.74) is 1.94. The highest BCUT2D eigenvalue weighted by molar-refractivity contribution is 6.34. The van der Waals surface area contributed by atoms with E-state index in [0.29, 0.717) is 21.5 Å². The summed E-state index contributed by atoms with van der Waals surface area (Å²) < 4.78 is 10.9. The lowest BCUT2D eigenvalue weighted by molar-refractivity contribution is -0.136. The molecule has 0 aliphatic rings. The van der Waals surface area contributed by atoms with Crippen molar-refractivity contribution in [2.24, 2.45) is 0 Å². The second-order valence-electron chi connectivity index (χ2n) is 6.59. The Morgan fingerprint density at radius 2 is 1.75 bits per heavy atom. The number of rotatable bonds is 4. The van der Waals surface area contributed by atoms with E-state index in [4.69, 9.17) is 32.7 Å². The lowest BCUT2D eigenvalue weighted by atomic mass is 9.85. The van der Waals surface area contributed by atoms with Gasteiger partial charge in [0.2, 0.25) is 0 Å². The first-order valence-electron chi connectivity index (χ1n) is 7.56. The fraction of sp³-hybridized carbons (Fsp3) is 0.316. The Morgan fingerprint density at radius 3 is 2.42 bits per heavy atom.